The van der Waals surface area contributed by atoms with Crippen LogP contribution >= 0.6 is 0 Å². The molecule has 4 rings (SSSR count). The van der Waals surface area contributed by atoms with Crippen LogP contribution in [0.3, 0.4) is 0 Å². The van der Waals surface area contributed by atoms with Crippen LogP contribution in [0.5, 0.6) is 0 Å². The van der Waals surface area contributed by atoms with Crippen molar-refractivity contribution in [1.29, 1.82) is 0 Å². The molecule has 0 saturated carbocycles. The molecule has 5 nitrogen and oxygen atoms in total. The Bertz CT molecular complexity index is 1250. The highest BCUT2D eigenvalue weighted by Crippen LogP contribution is 2.30. The third kappa shape index (κ3) is 8.96. The molecular weight excluding hydrogens is 532 g/mol. The Labute approximate surface area is 248 Å². The van der Waals surface area contributed by atoms with Gasteiger partial charge in [-0.2, -0.15) is 0 Å². The van der Waals surface area contributed by atoms with Crippen molar-refractivity contribution in [1.82, 2.24) is 15.1 Å². The summed E-state index contributed by atoms with van der Waals surface area (Å²) in [5.74, 6) is -0.704. The van der Waals surface area contributed by atoms with Crippen molar-refractivity contribution in [2.45, 2.75) is 57.8 Å². The van der Waals surface area contributed by atoms with Crippen molar-refractivity contribution in [2.75, 3.05) is 39.3 Å². The van der Waals surface area contributed by atoms with Gasteiger partial charge in [-0.15, -0.1) is 0 Å². The van der Waals surface area contributed by atoms with Gasteiger partial charge in [-0.05, 0) is 77.9 Å². The average Bonchev–Trinajstić information content (AvgIpc) is 2.99. The Morgan fingerprint density at radius 3 is 1.83 bits per heavy atom. The zero-order chi connectivity index (χ0) is 30.1. The molecule has 3 aromatic carbocycles. The Morgan fingerprint density at radius 2 is 1.31 bits per heavy atom. The molecule has 0 spiro atoms. The molecule has 1 saturated heterocycles. The lowest BCUT2D eigenvalue weighted by Crippen LogP contribution is -2.51. The van der Waals surface area contributed by atoms with Gasteiger partial charge >= 0.3 is 0 Å². The Balaban J connectivity index is 1.15. The number of piperazine rings is 1. The predicted octanol–water partition coefficient (Wildman–Crippen LogP) is 6.53. The summed E-state index contributed by atoms with van der Waals surface area (Å²) in [6.07, 6.45) is 4.03. The lowest BCUT2D eigenvalue weighted by Gasteiger charge is -2.34. The first-order chi connectivity index (χ1) is 20.1. The van der Waals surface area contributed by atoms with Crippen LogP contribution in [0.2, 0.25) is 0 Å². The van der Waals surface area contributed by atoms with E-state index in [-0.39, 0.29) is 41.3 Å². The molecule has 3 aromatic rings. The standard InChI is InChI=1S/C35H43F2N3O2/c1-35(2,3)29-14-8-28(9-15-29)34(42)38-25-33(41)40-23-21-39(22-24-40)20-6-4-5-7-32(26-10-16-30(36)17-11-26)27-12-18-31(37)19-13-27/h8-19,32H,4-7,20-25H2,1-3H3,(H,38,42). The first-order valence-electron chi connectivity index (χ1n) is 15.0. The minimum atomic E-state index is -0.259. The van der Waals surface area contributed by atoms with Crippen LogP contribution in [0.4, 0.5) is 8.78 Å². The van der Waals surface area contributed by atoms with Crippen molar-refractivity contribution >= 4 is 11.8 Å². The molecule has 0 aliphatic carbocycles. The van der Waals surface area contributed by atoms with Crippen LogP contribution in [0.15, 0.2) is 72.8 Å². The van der Waals surface area contributed by atoms with E-state index in [1.165, 1.54) is 24.3 Å². The van der Waals surface area contributed by atoms with Crippen molar-refractivity contribution < 1.29 is 18.4 Å². The van der Waals surface area contributed by atoms with Crippen LogP contribution in [0.25, 0.3) is 0 Å². The van der Waals surface area contributed by atoms with Crippen LogP contribution in [-0.4, -0.2) is 60.9 Å². The maximum Gasteiger partial charge on any atom is 0.251 e. The first kappa shape index (κ1) is 31.4. The Hall–Kier alpha value is -3.58. The van der Waals surface area contributed by atoms with Crippen molar-refractivity contribution in [2.24, 2.45) is 0 Å². The number of nitrogens with one attached hydrogen (secondary N) is 1. The number of unbranched alkanes of at least 4 members (excludes halogenated alkanes) is 2. The maximum absolute atomic E-state index is 13.5. The predicted molar refractivity (Wildman–Crippen MR) is 164 cm³/mol. The van der Waals surface area contributed by atoms with Gasteiger partial charge in [0, 0.05) is 37.7 Å². The largest absolute Gasteiger partial charge is 0.343 e. The molecule has 1 heterocycles. The van der Waals surface area contributed by atoms with Crippen LogP contribution in [-0.2, 0) is 10.2 Å². The van der Waals surface area contributed by atoms with E-state index in [0.717, 1.165) is 62.0 Å². The van der Waals surface area contributed by atoms with Gasteiger partial charge in [-0.3, -0.25) is 14.5 Å². The van der Waals surface area contributed by atoms with E-state index >= 15 is 0 Å². The van der Waals surface area contributed by atoms with Gasteiger partial charge in [0.1, 0.15) is 11.6 Å². The minimum Gasteiger partial charge on any atom is -0.343 e. The van der Waals surface area contributed by atoms with E-state index in [4.69, 9.17) is 0 Å². The Morgan fingerprint density at radius 1 is 0.762 bits per heavy atom. The average molecular weight is 576 g/mol. The van der Waals surface area contributed by atoms with Gasteiger partial charge in [0.25, 0.3) is 5.91 Å². The normalized spacial score (nSPS) is 14.3. The summed E-state index contributed by atoms with van der Waals surface area (Å²) < 4.78 is 27.0. The fraction of sp³-hybridized carbons (Fsp3) is 0.429. The van der Waals surface area contributed by atoms with E-state index < -0.39 is 0 Å². The van der Waals surface area contributed by atoms with Gasteiger partial charge in [0.2, 0.25) is 5.91 Å². The molecule has 1 N–H and O–H groups in total. The molecule has 0 radical (unpaired) electrons. The number of amides is 2. The van der Waals surface area contributed by atoms with Crippen LogP contribution in [0.1, 0.15) is 79.4 Å². The summed E-state index contributed by atoms with van der Waals surface area (Å²) in [6, 6.07) is 20.8. The zero-order valence-electron chi connectivity index (χ0n) is 25.0. The van der Waals surface area contributed by atoms with Crippen molar-refractivity contribution in [3.63, 3.8) is 0 Å². The van der Waals surface area contributed by atoms with Crippen molar-refractivity contribution in [3.8, 4) is 0 Å². The fourth-order valence-corrected chi connectivity index (χ4v) is 5.49. The summed E-state index contributed by atoms with van der Waals surface area (Å²) >= 11 is 0. The molecule has 1 aliphatic rings. The smallest absolute Gasteiger partial charge is 0.251 e. The lowest BCUT2D eigenvalue weighted by atomic mass is 9.87. The number of nitrogens with zero attached hydrogens (tertiary/aromatic N) is 2. The molecule has 224 valence electrons. The number of benzene rings is 3. The van der Waals surface area contributed by atoms with Gasteiger partial charge in [-0.25, -0.2) is 8.78 Å². The number of rotatable bonds is 11. The fourth-order valence-electron chi connectivity index (χ4n) is 5.49. The van der Waals surface area contributed by atoms with Gasteiger partial charge < -0.3 is 10.2 Å². The highest BCUT2D eigenvalue weighted by molar-refractivity contribution is 5.96. The van der Waals surface area contributed by atoms with E-state index in [9.17, 15) is 18.4 Å². The number of carbonyl (C=O) groups is 2. The number of hydrogen-bond donors (Lipinski definition) is 1. The molecule has 2 amide bonds. The Kier molecular flexibility index (Phi) is 10.9. The second-order valence-electron chi connectivity index (χ2n) is 12.2. The van der Waals surface area contributed by atoms with Gasteiger partial charge in [-0.1, -0.05) is 70.0 Å². The highest BCUT2D eigenvalue weighted by Gasteiger charge is 2.22. The van der Waals surface area contributed by atoms with E-state index in [0.29, 0.717) is 18.7 Å². The summed E-state index contributed by atoms with van der Waals surface area (Å²) in [7, 11) is 0. The quantitative estimate of drug-likeness (QED) is 0.265. The molecule has 42 heavy (non-hydrogen) atoms. The summed E-state index contributed by atoms with van der Waals surface area (Å²) in [4.78, 5) is 29.5. The SMILES string of the molecule is CC(C)(C)c1ccc(C(=O)NCC(=O)N2CCN(CCCCCC(c3ccc(F)cc3)c3ccc(F)cc3)CC2)cc1. The third-order valence-corrected chi connectivity index (χ3v) is 8.15. The summed E-state index contributed by atoms with van der Waals surface area (Å²) in [5, 5.41) is 2.77. The summed E-state index contributed by atoms with van der Waals surface area (Å²) in [6.45, 7) is 10.3. The molecule has 1 fully saturated rings. The second kappa shape index (κ2) is 14.5. The summed E-state index contributed by atoms with van der Waals surface area (Å²) in [5.41, 5.74) is 3.82. The second-order valence-corrected chi connectivity index (χ2v) is 12.2. The molecular formula is C35H43F2N3O2. The van der Waals surface area contributed by atoms with Crippen LogP contribution in [0, 0.1) is 11.6 Å². The molecule has 1 aliphatic heterocycles. The molecule has 0 bridgehead atoms. The zero-order valence-corrected chi connectivity index (χ0v) is 25.0. The van der Waals surface area contributed by atoms with Crippen molar-refractivity contribution in [3.05, 3.63) is 107 Å². The molecule has 0 atom stereocenters. The minimum absolute atomic E-state index is 0.00311. The molecule has 0 aromatic heterocycles. The monoisotopic (exact) mass is 575 g/mol. The first-order valence-corrected chi connectivity index (χ1v) is 15.0. The molecule has 7 heteroatoms. The maximum atomic E-state index is 13.5. The van der Waals surface area contributed by atoms with E-state index in [2.05, 4.69) is 31.0 Å². The van der Waals surface area contributed by atoms with E-state index in [1.54, 1.807) is 0 Å². The lowest BCUT2D eigenvalue weighted by molar-refractivity contribution is -0.131. The highest BCUT2D eigenvalue weighted by atomic mass is 19.1. The van der Waals surface area contributed by atoms with E-state index in [1.807, 2.05) is 53.4 Å². The number of carbonyl (C=O) groups excluding carboxylic acids is 2. The number of halogens is 2. The van der Waals surface area contributed by atoms with Crippen LogP contribution < -0.4 is 5.32 Å². The molecule has 0 unspecified atom stereocenters. The number of hydrogen-bond acceptors (Lipinski definition) is 3. The van der Waals surface area contributed by atoms with Gasteiger partial charge in [0.05, 0.1) is 6.54 Å². The van der Waals surface area contributed by atoms with Gasteiger partial charge in [0.15, 0.2) is 0 Å². The topological polar surface area (TPSA) is 52.7 Å². The third-order valence-electron chi connectivity index (χ3n) is 8.15.